The topological polar surface area (TPSA) is 94.6 Å². The largest absolute Gasteiger partial charge is 0.508 e. The molecular formula is C33H41N5O3. The average molecular weight is 556 g/mol. The standard InChI is InChI=1S/C28H31N5O.C5H10O2/c1-20-18-33(21(2)17-32(20)19-22-7-4-3-5-8-22)28(25-9-6-10-26(34)15-25)24-13-11-23(12-14-24)27-16-29-31-30-27;1-3-5(6)7-4-2/h3-16,20-21,28,34H,17-19H2,1-2H3,(H,29,30,31);3-4H2,1-2H3/t20-,21+,28-;/m1./s1. The summed E-state index contributed by atoms with van der Waals surface area (Å²) in [5.74, 6) is 0.174. The molecule has 0 bridgehead atoms. The number of carbonyl (C=O) groups excluding carboxylic acids is 1. The van der Waals surface area contributed by atoms with Crippen LogP contribution in [0.4, 0.5) is 0 Å². The molecule has 8 heteroatoms. The van der Waals surface area contributed by atoms with Gasteiger partial charge in [-0.25, -0.2) is 0 Å². The number of piperazine rings is 1. The smallest absolute Gasteiger partial charge is 0.305 e. The molecule has 4 aromatic rings. The number of hydrogen-bond donors (Lipinski definition) is 2. The van der Waals surface area contributed by atoms with Gasteiger partial charge in [-0.05, 0) is 49.6 Å². The van der Waals surface area contributed by atoms with Gasteiger partial charge in [-0.15, -0.1) is 0 Å². The first-order valence-electron chi connectivity index (χ1n) is 14.3. The van der Waals surface area contributed by atoms with Gasteiger partial charge < -0.3 is 9.84 Å². The van der Waals surface area contributed by atoms with Gasteiger partial charge in [-0.2, -0.15) is 15.4 Å². The highest BCUT2D eigenvalue weighted by Crippen LogP contribution is 2.35. The molecule has 2 N–H and O–H groups in total. The number of nitrogens with one attached hydrogen (secondary N) is 1. The number of phenols is 1. The molecule has 216 valence electrons. The molecule has 41 heavy (non-hydrogen) atoms. The third kappa shape index (κ3) is 8.02. The lowest BCUT2D eigenvalue weighted by Gasteiger charge is -2.47. The Morgan fingerprint density at radius 3 is 2.34 bits per heavy atom. The Hall–Kier alpha value is -4.01. The Morgan fingerprint density at radius 2 is 1.73 bits per heavy atom. The lowest BCUT2D eigenvalue weighted by Crippen LogP contribution is -2.56. The molecule has 0 radical (unpaired) electrons. The molecule has 0 aliphatic carbocycles. The monoisotopic (exact) mass is 555 g/mol. The van der Waals surface area contributed by atoms with Crippen LogP contribution in [0.3, 0.4) is 0 Å². The molecule has 0 amide bonds. The number of nitrogens with zero attached hydrogens (tertiary/aromatic N) is 4. The van der Waals surface area contributed by atoms with E-state index >= 15 is 0 Å². The normalized spacial score (nSPS) is 18.2. The fourth-order valence-electron chi connectivity index (χ4n) is 5.33. The van der Waals surface area contributed by atoms with E-state index in [1.54, 1.807) is 26.1 Å². The van der Waals surface area contributed by atoms with Crippen molar-refractivity contribution >= 4 is 5.97 Å². The summed E-state index contributed by atoms with van der Waals surface area (Å²) in [5.41, 5.74) is 5.51. The summed E-state index contributed by atoms with van der Waals surface area (Å²) in [6, 6.07) is 27.7. The van der Waals surface area contributed by atoms with E-state index in [1.807, 2.05) is 12.1 Å². The van der Waals surface area contributed by atoms with E-state index in [9.17, 15) is 9.90 Å². The molecule has 1 aliphatic heterocycles. The van der Waals surface area contributed by atoms with Crippen molar-refractivity contribution in [2.75, 3.05) is 19.7 Å². The van der Waals surface area contributed by atoms with Gasteiger partial charge in [-0.3, -0.25) is 14.6 Å². The predicted octanol–water partition coefficient (Wildman–Crippen LogP) is 5.82. The van der Waals surface area contributed by atoms with Crippen molar-refractivity contribution in [2.45, 2.75) is 58.8 Å². The van der Waals surface area contributed by atoms with Crippen LogP contribution in [0.1, 0.15) is 56.8 Å². The fourth-order valence-corrected chi connectivity index (χ4v) is 5.33. The number of H-pyrrole nitrogens is 1. The van der Waals surface area contributed by atoms with Crippen molar-refractivity contribution in [1.82, 2.24) is 25.2 Å². The molecule has 5 rings (SSSR count). The van der Waals surface area contributed by atoms with E-state index < -0.39 is 0 Å². The van der Waals surface area contributed by atoms with Gasteiger partial charge in [0.2, 0.25) is 0 Å². The Kier molecular flexibility index (Phi) is 10.6. The first-order chi connectivity index (χ1) is 19.9. The molecule has 3 atom stereocenters. The molecule has 1 aliphatic rings. The Morgan fingerprint density at radius 1 is 0.976 bits per heavy atom. The van der Waals surface area contributed by atoms with Crippen LogP contribution in [0.25, 0.3) is 11.3 Å². The summed E-state index contributed by atoms with van der Waals surface area (Å²) in [6.07, 6.45) is 2.21. The number of aromatic nitrogens is 3. The van der Waals surface area contributed by atoms with E-state index in [1.165, 1.54) is 11.1 Å². The Balaban J connectivity index is 0.000000493. The van der Waals surface area contributed by atoms with Crippen LogP contribution >= 0.6 is 0 Å². The van der Waals surface area contributed by atoms with Crippen LogP contribution < -0.4 is 0 Å². The van der Waals surface area contributed by atoms with Crippen molar-refractivity contribution in [3.05, 3.63) is 102 Å². The van der Waals surface area contributed by atoms with Crippen molar-refractivity contribution < 1.29 is 14.6 Å². The average Bonchev–Trinajstić information content (AvgIpc) is 3.52. The number of phenolic OH excluding ortho intramolecular Hbond substituents is 1. The van der Waals surface area contributed by atoms with Gasteiger partial charge >= 0.3 is 5.97 Å². The van der Waals surface area contributed by atoms with Crippen molar-refractivity contribution in [3.8, 4) is 17.0 Å². The third-order valence-corrected chi connectivity index (χ3v) is 7.44. The number of aromatic hydroxyl groups is 1. The zero-order chi connectivity index (χ0) is 29.2. The predicted molar refractivity (Wildman–Crippen MR) is 161 cm³/mol. The van der Waals surface area contributed by atoms with Crippen molar-refractivity contribution in [1.29, 1.82) is 0 Å². The molecule has 2 heterocycles. The SMILES string of the molecule is CCOC(=O)CC.C[C@@H]1CN([C@H](c2ccc(-c3cn[nH]n3)cc2)c2cccc(O)c2)[C@@H](C)CN1Cc1ccccc1. The van der Waals surface area contributed by atoms with E-state index in [0.29, 0.717) is 30.9 Å². The minimum Gasteiger partial charge on any atom is -0.508 e. The van der Waals surface area contributed by atoms with Crippen molar-refractivity contribution in [2.24, 2.45) is 0 Å². The van der Waals surface area contributed by atoms with E-state index in [0.717, 1.165) is 36.5 Å². The van der Waals surface area contributed by atoms with Crippen LogP contribution in [-0.2, 0) is 16.1 Å². The zero-order valence-electron chi connectivity index (χ0n) is 24.4. The van der Waals surface area contributed by atoms with Gasteiger partial charge in [0.25, 0.3) is 0 Å². The van der Waals surface area contributed by atoms with Crippen LogP contribution in [0.15, 0.2) is 85.1 Å². The van der Waals surface area contributed by atoms with Gasteiger partial charge in [0, 0.05) is 43.7 Å². The molecule has 1 fully saturated rings. The number of aromatic amines is 1. The highest BCUT2D eigenvalue weighted by Gasteiger charge is 2.35. The summed E-state index contributed by atoms with van der Waals surface area (Å²) in [4.78, 5) is 15.3. The van der Waals surface area contributed by atoms with E-state index in [2.05, 4.69) is 104 Å². The molecule has 0 spiro atoms. The summed E-state index contributed by atoms with van der Waals surface area (Å²) in [7, 11) is 0. The van der Waals surface area contributed by atoms with E-state index in [-0.39, 0.29) is 12.0 Å². The molecular weight excluding hydrogens is 514 g/mol. The van der Waals surface area contributed by atoms with Crippen molar-refractivity contribution in [3.63, 3.8) is 0 Å². The third-order valence-electron chi connectivity index (χ3n) is 7.44. The van der Waals surface area contributed by atoms with Gasteiger partial charge in [0.15, 0.2) is 0 Å². The molecule has 1 saturated heterocycles. The van der Waals surface area contributed by atoms with E-state index in [4.69, 9.17) is 0 Å². The van der Waals surface area contributed by atoms with Gasteiger partial charge in [0.05, 0.1) is 18.8 Å². The first-order valence-corrected chi connectivity index (χ1v) is 14.3. The van der Waals surface area contributed by atoms with Crippen LogP contribution in [-0.4, -0.2) is 68.1 Å². The minimum atomic E-state index is -0.123. The van der Waals surface area contributed by atoms with Gasteiger partial charge in [0.1, 0.15) is 11.4 Å². The Labute approximate surface area is 243 Å². The van der Waals surface area contributed by atoms with Gasteiger partial charge in [-0.1, -0.05) is 73.7 Å². The van der Waals surface area contributed by atoms with Crippen LogP contribution in [0.5, 0.6) is 5.75 Å². The molecule has 0 saturated carbocycles. The number of carbonyl (C=O) groups is 1. The maximum atomic E-state index is 10.3. The summed E-state index contributed by atoms with van der Waals surface area (Å²) in [6.45, 7) is 11.6. The first kappa shape index (κ1) is 30.0. The number of esters is 1. The number of ether oxygens (including phenoxy) is 1. The molecule has 3 aromatic carbocycles. The maximum absolute atomic E-state index is 10.3. The van der Waals surface area contributed by atoms with Crippen LogP contribution in [0.2, 0.25) is 0 Å². The molecule has 0 unspecified atom stereocenters. The highest BCUT2D eigenvalue weighted by molar-refractivity contribution is 5.68. The summed E-state index contributed by atoms with van der Waals surface area (Å²) < 4.78 is 4.55. The van der Waals surface area contributed by atoms with Crippen LogP contribution in [0, 0.1) is 0 Å². The molecule has 1 aromatic heterocycles. The lowest BCUT2D eigenvalue weighted by molar-refractivity contribution is -0.142. The second-order valence-corrected chi connectivity index (χ2v) is 10.4. The number of rotatable bonds is 8. The second kappa shape index (κ2) is 14.6. The quantitative estimate of drug-likeness (QED) is 0.265. The number of benzene rings is 3. The zero-order valence-corrected chi connectivity index (χ0v) is 24.4. The highest BCUT2D eigenvalue weighted by atomic mass is 16.5. The summed E-state index contributed by atoms with van der Waals surface area (Å²) in [5, 5.41) is 21.1. The summed E-state index contributed by atoms with van der Waals surface area (Å²) >= 11 is 0. The maximum Gasteiger partial charge on any atom is 0.305 e. The minimum absolute atomic E-state index is 0.0507. The number of hydrogen-bond acceptors (Lipinski definition) is 7. The lowest BCUT2D eigenvalue weighted by atomic mass is 9.92. The second-order valence-electron chi connectivity index (χ2n) is 10.4. The Bertz CT molecular complexity index is 1350. The fraction of sp³-hybridized carbons (Fsp3) is 0.364. The molecule has 8 nitrogen and oxygen atoms in total.